The fourth-order valence-corrected chi connectivity index (χ4v) is 2.36. The van der Waals surface area contributed by atoms with Crippen LogP contribution in [0.1, 0.15) is 36.8 Å². The van der Waals surface area contributed by atoms with Crippen molar-refractivity contribution in [3.05, 3.63) is 72.1 Å². The van der Waals surface area contributed by atoms with Gasteiger partial charge in [-0.25, -0.2) is 0 Å². The molecule has 0 fully saturated rings. The number of hydrogen-bond acceptors (Lipinski definition) is 2. The molecular formula is C19H23NO. The molecule has 0 aliphatic heterocycles. The number of rotatable bonds is 8. The summed E-state index contributed by atoms with van der Waals surface area (Å²) < 4.78 is 5.08. The molecule has 2 rings (SSSR count). The third-order valence-corrected chi connectivity index (χ3v) is 3.46. The zero-order valence-electron chi connectivity index (χ0n) is 12.7. The summed E-state index contributed by atoms with van der Waals surface area (Å²) in [4.78, 5) is 4.24. The van der Waals surface area contributed by atoms with E-state index in [-0.39, 0.29) is 0 Å². The van der Waals surface area contributed by atoms with Gasteiger partial charge in [0.05, 0.1) is 0 Å². The van der Waals surface area contributed by atoms with Crippen LogP contribution in [-0.4, -0.2) is 18.7 Å². The monoisotopic (exact) mass is 281 g/mol. The lowest BCUT2D eigenvalue weighted by atomic mass is 9.97. The molecule has 1 aromatic heterocycles. The van der Waals surface area contributed by atoms with Crippen LogP contribution in [0.5, 0.6) is 0 Å². The second-order valence-corrected chi connectivity index (χ2v) is 5.07. The maximum Gasteiger partial charge on any atom is 0.0462 e. The van der Waals surface area contributed by atoms with Gasteiger partial charge >= 0.3 is 0 Å². The SMILES string of the molecule is COCCCCCC=C(c1ccccc1)c1cccnc1. The molecule has 2 nitrogen and oxygen atoms in total. The first-order valence-corrected chi connectivity index (χ1v) is 7.56. The van der Waals surface area contributed by atoms with Crippen molar-refractivity contribution >= 4 is 5.57 Å². The predicted molar refractivity (Wildman–Crippen MR) is 88.1 cm³/mol. The van der Waals surface area contributed by atoms with Crippen LogP contribution in [0.15, 0.2) is 60.9 Å². The van der Waals surface area contributed by atoms with Gasteiger partial charge in [0.25, 0.3) is 0 Å². The fourth-order valence-electron chi connectivity index (χ4n) is 2.36. The Kier molecular flexibility index (Phi) is 6.69. The molecule has 0 aliphatic rings. The number of ether oxygens (including phenoxy) is 1. The van der Waals surface area contributed by atoms with E-state index in [1.807, 2.05) is 18.5 Å². The van der Waals surface area contributed by atoms with Crippen LogP contribution in [0.2, 0.25) is 0 Å². The van der Waals surface area contributed by atoms with Crippen molar-refractivity contribution < 1.29 is 4.74 Å². The Morgan fingerprint density at radius 1 is 1.00 bits per heavy atom. The molecule has 0 radical (unpaired) electrons. The number of pyridine rings is 1. The van der Waals surface area contributed by atoms with Crippen molar-refractivity contribution in [3.8, 4) is 0 Å². The van der Waals surface area contributed by atoms with Gasteiger partial charge in [-0.2, -0.15) is 0 Å². The van der Waals surface area contributed by atoms with E-state index in [0.717, 1.165) is 19.4 Å². The van der Waals surface area contributed by atoms with E-state index < -0.39 is 0 Å². The fraction of sp³-hybridized carbons (Fsp3) is 0.316. The van der Waals surface area contributed by atoms with Gasteiger partial charge in [0.2, 0.25) is 0 Å². The summed E-state index contributed by atoms with van der Waals surface area (Å²) in [5.74, 6) is 0. The highest BCUT2D eigenvalue weighted by Gasteiger charge is 2.04. The van der Waals surface area contributed by atoms with Crippen molar-refractivity contribution in [2.45, 2.75) is 25.7 Å². The van der Waals surface area contributed by atoms with Gasteiger partial charge in [-0.15, -0.1) is 0 Å². The molecule has 2 heteroatoms. The zero-order chi connectivity index (χ0) is 14.8. The molecule has 0 aliphatic carbocycles. The van der Waals surface area contributed by atoms with Gasteiger partial charge < -0.3 is 4.74 Å². The molecule has 0 unspecified atom stereocenters. The predicted octanol–water partition coefficient (Wildman–Crippen LogP) is 4.72. The number of methoxy groups -OCH3 is 1. The number of allylic oxidation sites excluding steroid dienone is 1. The van der Waals surface area contributed by atoms with E-state index in [0.29, 0.717) is 0 Å². The highest BCUT2D eigenvalue weighted by atomic mass is 16.5. The topological polar surface area (TPSA) is 22.1 Å². The van der Waals surface area contributed by atoms with Gasteiger partial charge in [-0.1, -0.05) is 48.9 Å². The Morgan fingerprint density at radius 2 is 1.81 bits per heavy atom. The van der Waals surface area contributed by atoms with Crippen molar-refractivity contribution in [1.82, 2.24) is 4.98 Å². The number of hydrogen-bond donors (Lipinski definition) is 0. The molecule has 1 aromatic carbocycles. The molecule has 0 saturated heterocycles. The summed E-state index contributed by atoms with van der Waals surface area (Å²) in [5, 5.41) is 0. The molecule has 0 bridgehead atoms. The van der Waals surface area contributed by atoms with E-state index in [2.05, 4.69) is 47.5 Å². The third kappa shape index (κ3) is 5.16. The molecule has 0 spiro atoms. The van der Waals surface area contributed by atoms with Crippen LogP contribution in [0.4, 0.5) is 0 Å². The average Bonchev–Trinajstić information content (AvgIpc) is 2.56. The average molecular weight is 281 g/mol. The molecule has 21 heavy (non-hydrogen) atoms. The molecule has 0 atom stereocenters. The van der Waals surface area contributed by atoms with Crippen molar-refractivity contribution in [2.24, 2.45) is 0 Å². The maximum absolute atomic E-state index is 5.08. The molecule has 0 N–H and O–H groups in total. The smallest absolute Gasteiger partial charge is 0.0462 e. The minimum Gasteiger partial charge on any atom is -0.385 e. The summed E-state index contributed by atoms with van der Waals surface area (Å²) in [7, 11) is 1.76. The van der Waals surface area contributed by atoms with Gasteiger partial charge in [0.15, 0.2) is 0 Å². The Bertz CT molecular complexity index is 493. The van der Waals surface area contributed by atoms with Crippen LogP contribution < -0.4 is 0 Å². The molecule has 110 valence electrons. The van der Waals surface area contributed by atoms with Gasteiger partial charge in [-0.05, 0) is 36.5 Å². The van der Waals surface area contributed by atoms with Gasteiger partial charge in [0, 0.05) is 31.7 Å². The van der Waals surface area contributed by atoms with Crippen molar-refractivity contribution in [2.75, 3.05) is 13.7 Å². The Morgan fingerprint density at radius 3 is 2.52 bits per heavy atom. The largest absolute Gasteiger partial charge is 0.385 e. The molecular weight excluding hydrogens is 258 g/mol. The minimum atomic E-state index is 0.859. The molecule has 1 heterocycles. The van der Waals surface area contributed by atoms with Crippen LogP contribution >= 0.6 is 0 Å². The van der Waals surface area contributed by atoms with E-state index in [1.54, 1.807) is 7.11 Å². The van der Waals surface area contributed by atoms with E-state index >= 15 is 0 Å². The first kappa shape index (κ1) is 15.5. The Balaban J connectivity index is 2.06. The van der Waals surface area contributed by atoms with Crippen molar-refractivity contribution in [1.29, 1.82) is 0 Å². The van der Waals surface area contributed by atoms with E-state index in [1.165, 1.54) is 29.5 Å². The van der Waals surface area contributed by atoms with Crippen LogP contribution in [0, 0.1) is 0 Å². The standard InChI is InChI=1S/C19H23NO/c1-21-15-8-3-2-7-13-19(17-10-5-4-6-11-17)18-12-9-14-20-16-18/h4-6,9-14,16H,2-3,7-8,15H2,1H3. The second-order valence-electron chi connectivity index (χ2n) is 5.07. The number of nitrogens with zero attached hydrogens (tertiary/aromatic N) is 1. The van der Waals surface area contributed by atoms with E-state index in [9.17, 15) is 0 Å². The quantitative estimate of drug-likeness (QED) is 0.653. The molecule has 2 aromatic rings. The Hall–Kier alpha value is -1.93. The lowest BCUT2D eigenvalue weighted by Gasteiger charge is -2.08. The highest BCUT2D eigenvalue weighted by Crippen LogP contribution is 2.23. The van der Waals surface area contributed by atoms with Crippen LogP contribution in [0.3, 0.4) is 0 Å². The summed E-state index contributed by atoms with van der Waals surface area (Å²) in [6.45, 7) is 0.859. The number of unbranched alkanes of at least 4 members (excludes halogenated alkanes) is 3. The van der Waals surface area contributed by atoms with Gasteiger partial charge in [-0.3, -0.25) is 4.98 Å². The lowest BCUT2D eigenvalue weighted by molar-refractivity contribution is 0.192. The summed E-state index contributed by atoms with van der Waals surface area (Å²) in [5.41, 5.74) is 3.71. The first-order chi connectivity index (χ1) is 10.4. The first-order valence-electron chi connectivity index (χ1n) is 7.56. The summed E-state index contributed by atoms with van der Waals surface area (Å²) in [6.07, 6.45) is 10.7. The van der Waals surface area contributed by atoms with Gasteiger partial charge in [0.1, 0.15) is 0 Å². The summed E-state index contributed by atoms with van der Waals surface area (Å²) in [6, 6.07) is 14.6. The highest BCUT2D eigenvalue weighted by molar-refractivity contribution is 5.79. The molecule has 0 amide bonds. The number of aromatic nitrogens is 1. The van der Waals surface area contributed by atoms with Crippen LogP contribution in [-0.2, 0) is 4.74 Å². The lowest BCUT2D eigenvalue weighted by Crippen LogP contribution is -1.90. The van der Waals surface area contributed by atoms with Crippen LogP contribution in [0.25, 0.3) is 5.57 Å². The maximum atomic E-state index is 5.08. The zero-order valence-corrected chi connectivity index (χ0v) is 12.7. The van der Waals surface area contributed by atoms with Crippen molar-refractivity contribution in [3.63, 3.8) is 0 Å². The minimum absolute atomic E-state index is 0.859. The third-order valence-electron chi connectivity index (χ3n) is 3.46. The second kappa shape index (κ2) is 9.09. The van der Waals surface area contributed by atoms with E-state index in [4.69, 9.17) is 4.74 Å². The summed E-state index contributed by atoms with van der Waals surface area (Å²) >= 11 is 0. The normalized spacial score (nSPS) is 11.6. The Labute approximate surface area is 127 Å². The number of benzene rings is 1. The molecule has 0 saturated carbocycles.